The summed E-state index contributed by atoms with van der Waals surface area (Å²) in [5.41, 5.74) is 6.07. The second-order valence-electron chi connectivity index (χ2n) is 5.25. The van der Waals surface area contributed by atoms with E-state index in [1.54, 1.807) is 12.4 Å². The van der Waals surface area contributed by atoms with E-state index in [9.17, 15) is 4.79 Å². The first kappa shape index (κ1) is 13.0. The van der Waals surface area contributed by atoms with Gasteiger partial charge in [-0.1, -0.05) is 6.92 Å². The van der Waals surface area contributed by atoms with Crippen molar-refractivity contribution < 1.29 is 4.79 Å². The van der Waals surface area contributed by atoms with Crippen LogP contribution < -0.4 is 11.1 Å². The number of amides is 1. The Labute approximate surface area is 107 Å². The summed E-state index contributed by atoms with van der Waals surface area (Å²) in [7, 11) is 0. The number of anilines is 1. The van der Waals surface area contributed by atoms with Gasteiger partial charge in [0.15, 0.2) is 0 Å². The van der Waals surface area contributed by atoms with E-state index < -0.39 is 5.41 Å². The van der Waals surface area contributed by atoms with Gasteiger partial charge in [0, 0.05) is 6.54 Å². The van der Waals surface area contributed by atoms with Crippen molar-refractivity contribution in [1.82, 2.24) is 9.97 Å². The second kappa shape index (κ2) is 5.44. The van der Waals surface area contributed by atoms with Crippen LogP contribution in [0, 0.1) is 11.3 Å². The molecule has 1 aromatic rings. The van der Waals surface area contributed by atoms with Crippen LogP contribution in [0.3, 0.4) is 0 Å². The highest BCUT2D eigenvalue weighted by molar-refractivity contribution is 5.95. The fourth-order valence-electron chi connectivity index (χ4n) is 2.47. The fourth-order valence-corrected chi connectivity index (χ4v) is 2.47. The number of carbonyl (C=O) groups excluding carboxylic acids is 1. The Kier molecular flexibility index (Phi) is 3.91. The molecule has 3 N–H and O–H groups in total. The SMILES string of the molecule is CC1CCC(CN)(C(=O)Nc2cncnc2)CC1. The number of nitrogens with two attached hydrogens (primary N) is 1. The van der Waals surface area contributed by atoms with Gasteiger partial charge in [0.05, 0.1) is 23.5 Å². The van der Waals surface area contributed by atoms with Crippen LogP contribution in [-0.2, 0) is 4.79 Å². The maximum atomic E-state index is 12.4. The molecular formula is C13H20N4O. The van der Waals surface area contributed by atoms with Crippen molar-refractivity contribution in [3.63, 3.8) is 0 Å². The maximum Gasteiger partial charge on any atom is 0.231 e. The number of nitrogens with one attached hydrogen (secondary N) is 1. The average Bonchev–Trinajstić information content (AvgIpc) is 2.41. The van der Waals surface area contributed by atoms with Crippen LogP contribution >= 0.6 is 0 Å². The number of hydrogen-bond acceptors (Lipinski definition) is 4. The van der Waals surface area contributed by atoms with Gasteiger partial charge in [0.1, 0.15) is 6.33 Å². The second-order valence-corrected chi connectivity index (χ2v) is 5.25. The molecule has 1 aromatic heterocycles. The van der Waals surface area contributed by atoms with E-state index in [2.05, 4.69) is 22.2 Å². The molecule has 0 atom stereocenters. The molecule has 5 heteroatoms. The van der Waals surface area contributed by atoms with Crippen LogP contribution in [0.2, 0.25) is 0 Å². The fraction of sp³-hybridized carbons (Fsp3) is 0.615. The normalized spacial score (nSPS) is 27.8. The highest BCUT2D eigenvalue weighted by Gasteiger charge is 2.39. The molecule has 0 spiro atoms. The minimum absolute atomic E-state index is 0.00620. The van der Waals surface area contributed by atoms with E-state index in [1.165, 1.54) is 6.33 Å². The van der Waals surface area contributed by atoms with Crippen molar-refractivity contribution in [3.8, 4) is 0 Å². The minimum Gasteiger partial charge on any atom is -0.329 e. The van der Waals surface area contributed by atoms with Crippen LogP contribution in [0.1, 0.15) is 32.6 Å². The standard InChI is InChI=1S/C13H20N4O/c1-10-2-4-13(8-14,5-3-10)12(18)17-11-6-15-9-16-7-11/h6-7,9-10H,2-5,8,14H2,1H3,(H,17,18). The first-order chi connectivity index (χ1) is 8.66. The summed E-state index contributed by atoms with van der Waals surface area (Å²) in [5.74, 6) is 0.698. The number of aromatic nitrogens is 2. The topological polar surface area (TPSA) is 80.9 Å². The quantitative estimate of drug-likeness (QED) is 0.850. The zero-order valence-electron chi connectivity index (χ0n) is 10.7. The largest absolute Gasteiger partial charge is 0.329 e. The van der Waals surface area contributed by atoms with Crippen molar-refractivity contribution in [2.45, 2.75) is 32.6 Å². The lowest BCUT2D eigenvalue weighted by molar-refractivity contribution is -0.127. The van der Waals surface area contributed by atoms with Crippen LogP contribution in [-0.4, -0.2) is 22.4 Å². The lowest BCUT2D eigenvalue weighted by atomic mass is 9.70. The van der Waals surface area contributed by atoms with Gasteiger partial charge in [-0.3, -0.25) is 4.79 Å². The van der Waals surface area contributed by atoms with Crippen molar-refractivity contribution in [2.75, 3.05) is 11.9 Å². The van der Waals surface area contributed by atoms with E-state index >= 15 is 0 Å². The first-order valence-corrected chi connectivity index (χ1v) is 6.43. The number of rotatable bonds is 3. The third-order valence-corrected chi connectivity index (χ3v) is 3.92. The smallest absolute Gasteiger partial charge is 0.231 e. The summed E-state index contributed by atoms with van der Waals surface area (Å²) < 4.78 is 0. The van der Waals surface area contributed by atoms with Crippen molar-refractivity contribution in [3.05, 3.63) is 18.7 Å². The van der Waals surface area contributed by atoms with E-state index in [4.69, 9.17) is 5.73 Å². The molecule has 0 aliphatic heterocycles. The predicted octanol–water partition coefficient (Wildman–Crippen LogP) is 1.57. The molecule has 1 aliphatic rings. The summed E-state index contributed by atoms with van der Waals surface area (Å²) in [4.78, 5) is 20.2. The number of nitrogens with zero attached hydrogens (tertiary/aromatic N) is 2. The van der Waals surface area contributed by atoms with Gasteiger partial charge in [-0.25, -0.2) is 9.97 Å². The molecule has 1 amide bonds. The van der Waals surface area contributed by atoms with Gasteiger partial charge in [-0.05, 0) is 31.6 Å². The van der Waals surface area contributed by atoms with Crippen molar-refractivity contribution >= 4 is 11.6 Å². The number of carbonyl (C=O) groups is 1. The van der Waals surface area contributed by atoms with Gasteiger partial charge in [0.2, 0.25) is 5.91 Å². The predicted molar refractivity (Wildman–Crippen MR) is 69.8 cm³/mol. The Bertz CT molecular complexity index is 399. The molecule has 1 fully saturated rings. The van der Waals surface area contributed by atoms with Crippen LogP contribution in [0.25, 0.3) is 0 Å². The summed E-state index contributed by atoms with van der Waals surface area (Å²) in [5, 5.41) is 2.87. The molecule has 0 unspecified atom stereocenters. The zero-order valence-corrected chi connectivity index (χ0v) is 10.7. The third-order valence-electron chi connectivity index (χ3n) is 3.92. The molecule has 0 aromatic carbocycles. The van der Waals surface area contributed by atoms with E-state index in [-0.39, 0.29) is 5.91 Å². The molecule has 18 heavy (non-hydrogen) atoms. The van der Waals surface area contributed by atoms with E-state index in [1.807, 2.05) is 0 Å². The molecule has 5 nitrogen and oxygen atoms in total. The van der Waals surface area contributed by atoms with Gasteiger partial charge in [-0.2, -0.15) is 0 Å². The average molecular weight is 248 g/mol. The number of hydrogen-bond donors (Lipinski definition) is 2. The monoisotopic (exact) mass is 248 g/mol. The van der Waals surface area contributed by atoms with Gasteiger partial charge >= 0.3 is 0 Å². The molecule has 1 saturated carbocycles. The van der Waals surface area contributed by atoms with Crippen LogP contribution in [0.5, 0.6) is 0 Å². The Morgan fingerprint density at radius 2 is 2.06 bits per heavy atom. The molecular weight excluding hydrogens is 228 g/mol. The molecule has 0 radical (unpaired) electrons. The maximum absolute atomic E-state index is 12.4. The molecule has 98 valence electrons. The molecule has 1 aliphatic carbocycles. The Balaban J connectivity index is 2.06. The highest BCUT2D eigenvalue weighted by Crippen LogP contribution is 2.38. The van der Waals surface area contributed by atoms with Crippen LogP contribution in [0.15, 0.2) is 18.7 Å². The highest BCUT2D eigenvalue weighted by atomic mass is 16.2. The Morgan fingerprint density at radius 1 is 1.44 bits per heavy atom. The molecule has 0 bridgehead atoms. The first-order valence-electron chi connectivity index (χ1n) is 6.43. The van der Waals surface area contributed by atoms with Gasteiger partial charge < -0.3 is 11.1 Å². The van der Waals surface area contributed by atoms with Gasteiger partial charge in [-0.15, -0.1) is 0 Å². The Hall–Kier alpha value is -1.49. The molecule has 1 heterocycles. The van der Waals surface area contributed by atoms with E-state index in [0.717, 1.165) is 25.7 Å². The van der Waals surface area contributed by atoms with Gasteiger partial charge in [0.25, 0.3) is 0 Å². The molecule has 2 rings (SSSR count). The Morgan fingerprint density at radius 3 is 2.61 bits per heavy atom. The van der Waals surface area contributed by atoms with Crippen molar-refractivity contribution in [1.29, 1.82) is 0 Å². The van der Waals surface area contributed by atoms with Crippen LogP contribution in [0.4, 0.5) is 5.69 Å². The summed E-state index contributed by atoms with van der Waals surface area (Å²) >= 11 is 0. The van der Waals surface area contributed by atoms with Crippen molar-refractivity contribution in [2.24, 2.45) is 17.1 Å². The van der Waals surface area contributed by atoms with E-state index in [0.29, 0.717) is 18.2 Å². The summed E-state index contributed by atoms with van der Waals surface area (Å²) in [6.07, 6.45) is 8.50. The minimum atomic E-state index is -0.414. The zero-order chi connectivity index (χ0) is 13.0. The third kappa shape index (κ3) is 2.67. The summed E-state index contributed by atoms with van der Waals surface area (Å²) in [6, 6.07) is 0. The lowest BCUT2D eigenvalue weighted by Gasteiger charge is -2.37. The molecule has 0 saturated heterocycles. The lowest BCUT2D eigenvalue weighted by Crippen LogP contribution is -2.44. The summed E-state index contributed by atoms with van der Waals surface area (Å²) in [6.45, 7) is 2.63.